The van der Waals surface area contributed by atoms with E-state index in [0.29, 0.717) is 29.4 Å². The van der Waals surface area contributed by atoms with E-state index in [9.17, 15) is 9.59 Å². The molecule has 0 radical (unpaired) electrons. The van der Waals surface area contributed by atoms with Crippen LogP contribution in [0.2, 0.25) is 0 Å². The minimum Gasteiger partial charge on any atom is -0.488 e. The molecule has 0 bridgehead atoms. The highest BCUT2D eigenvalue weighted by molar-refractivity contribution is 7.19. The van der Waals surface area contributed by atoms with Gasteiger partial charge in [-0.05, 0) is 38.7 Å². The largest absolute Gasteiger partial charge is 0.488 e. The summed E-state index contributed by atoms with van der Waals surface area (Å²) in [6.07, 6.45) is 6.41. The van der Waals surface area contributed by atoms with Gasteiger partial charge >= 0.3 is 5.63 Å². The number of nitrogens with zero attached hydrogens (tertiary/aromatic N) is 3. The summed E-state index contributed by atoms with van der Waals surface area (Å²) in [6, 6.07) is 3.56. The lowest BCUT2D eigenvalue weighted by atomic mass is 9.73. The quantitative estimate of drug-likeness (QED) is 0.391. The van der Waals surface area contributed by atoms with Crippen molar-refractivity contribution in [2.75, 3.05) is 23.1 Å². The predicted molar refractivity (Wildman–Crippen MR) is 121 cm³/mol. The van der Waals surface area contributed by atoms with Crippen molar-refractivity contribution in [3.8, 4) is 11.8 Å². The summed E-state index contributed by atoms with van der Waals surface area (Å²) in [5.74, 6) is -0.903. The van der Waals surface area contributed by atoms with E-state index in [1.54, 1.807) is 13.0 Å². The third-order valence-electron chi connectivity index (χ3n) is 5.04. The summed E-state index contributed by atoms with van der Waals surface area (Å²) in [5, 5.41) is 33.3. The highest BCUT2D eigenvalue weighted by atomic mass is 32.1. The molecule has 1 aliphatic rings. The second-order valence-electron chi connectivity index (χ2n) is 7.27. The minimum atomic E-state index is -0.788. The van der Waals surface area contributed by atoms with Crippen molar-refractivity contribution in [3.05, 3.63) is 34.0 Å². The highest BCUT2D eigenvalue weighted by Gasteiger charge is 2.37. The summed E-state index contributed by atoms with van der Waals surface area (Å²) < 4.78 is 10.3. The SMILES string of the molecule is COc1c(NC2(CCC#N)CCC2)cc(C(=O)Nc2nnc(N/C(C)=C\C=N)s2)oc1=O. The van der Waals surface area contributed by atoms with Crippen LogP contribution in [0.15, 0.2) is 27.1 Å². The Morgan fingerprint density at radius 2 is 2.12 bits per heavy atom. The van der Waals surface area contributed by atoms with E-state index in [1.807, 2.05) is 0 Å². The van der Waals surface area contributed by atoms with E-state index < -0.39 is 11.5 Å². The molecule has 1 amide bonds. The molecule has 2 heterocycles. The molecule has 11 nitrogen and oxygen atoms in total. The molecule has 0 atom stereocenters. The molecule has 0 aromatic carbocycles. The molecule has 2 aromatic heterocycles. The number of methoxy groups -OCH3 is 1. The number of carbonyl (C=O) groups excluding carboxylic acids is 1. The number of aromatic nitrogens is 2. The number of carbonyl (C=O) groups is 1. The van der Waals surface area contributed by atoms with Crippen LogP contribution >= 0.6 is 11.3 Å². The summed E-state index contributed by atoms with van der Waals surface area (Å²) in [7, 11) is 1.35. The molecule has 32 heavy (non-hydrogen) atoms. The summed E-state index contributed by atoms with van der Waals surface area (Å²) in [6.45, 7) is 1.76. The van der Waals surface area contributed by atoms with Crippen molar-refractivity contribution in [2.45, 2.75) is 44.6 Å². The Morgan fingerprint density at radius 3 is 2.72 bits per heavy atom. The fourth-order valence-corrected chi connectivity index (χ4v) is 4.02. The molecule has 1 fully saturated rings. The Hall–Kier alpha value is -3.72. The van der Waals surface area contributed by atoms with Crippen molar-refractivity contribution >= 4 is 39.4 Å². The fraction of sp³-hybridized carbons (Fsp3) is 0.400. The monoisotopic (exact) mass is 457 g/mol. The van der Waals surface area contributed by atoms with Crippen LogP contribution in [0, 0.1) is 16.7 Å². The van der Waals surface area contributed by atoms with Crippen LogP contribution in [0.3, 0.4) is 0 Å². The number of amides is 1. The van der Waals surface area contributed by atoms with E-state index >= 15 is 0 Å². The lowest BCUT2D eigenvalue weighted by molar-refractivity contribution is 0.0991. The zero-order valence-corrected chi connectivity index (χ0v) is 18.5. The Labute approximate surface area is 188 Å². The molecule has 168 valence electrons. The molecule has 12 heteroatoms. The zero-order valence-electron chi connectivity index (χ0n) is 17.7. The second-order valence-corrected chi connectivity index (χ2v) is 8.25. The maximum atomic E-state index is 12.7. The van der Waals surface area contributed by atoms with E-state index in [1.165, 1.54) is 13.2 Å². The number of anilines is 3. The molecule has 0 unspecified atom stereocenters. The van der Waals surface area contributed by atoms with E-state index in [4.69, 9.17) is 19.8 Å². The van der Waals surface area contributed by atoms with Crippen LogP contribution in [-0.4, -0.2) is 35.0 Å². The smallest absolute Gasteiger partial charge is 0.381 e. The van der Waals surface area contributed by atoms with Gasteiger partial charge in [0.15, 0.2) is 5.76 Å². The number of nitriles is 1. The number of ether oxygens (including phenoxy) is 1. The molecule has 2 aromatic rings. The summed E-state index contributed by atoms with van der Waals surface area (Å²) >= 11 is 1.09. The Morgan fingerprint density at radius 1 is 1.41 bits per heavy atom. The van der Waals surface area contributed by atoms with Gasteiger partial charge in [0.25, 0.3) is 5.91 Å². The predicted octanol–water partition coefficient (Wildman–Crippen LogP) is 3.36. The molecular formula is C20H23N7O4S. The van der Waals surface area contributed by atoms with Crippen LogP contribution in [0.5, 0.6) is 5.75 Å². The van der Waals surface area contributed by atoms with Crippen molar-refractivity contribution in [1.29, 1.82) is 10.7 Å². The third-order valence-corrected chi connectivity index (χ3v) is 5.80. The standard InChI is InChI=1S/C20H23N7O4S/c1-12(5-10-22)23-18-26-27-19(32-18)24-16(28)14-11-13(15(30-2)17(29)31-14)25-20(6-3-7-20)8-4-9-21/h5,10-11,22,25H,3-4,6-8H2,1-2H3,(H,23,26)(H,24,27,28)/b12-5-,22-10?. The van der Waals surface area contributed by atoms with E-state index in [2.05, 4.69) is 32.2 Å². The average molecular weight is 458 g/mol. The van der Waals surface area contributed by atoms with Crippen LogP contribution < -0.4 is 26.3 Å². The number of nitrogens with one attached hydrogen (secondary N) is 4. The fourth-order valence-electron chi connectivity index (χ4n) is 3.32. The van der Waals surface area contributed by atoms with Gasteiger partial charge in [-0.3, -0.25) is 10.1 Å². The van der Waals surface area contributed by atoms with Gasteiger partial charge in [-0.25, -0.2) is 4.79 Å². The normalized spacial score (nSPS) is 14.6. The first kappa shape index (κ1) is 23.0. The van der Waals surface area contributed by atoms with Gasteiger partial charge in [-0.1, -0.05) is 11.3 Å². The zero-order chi connectivity index (χ0) is 23.1. The van der Waals surface area contributed by atoms with Crippen LogP contribution in [-0.2, 0) is 0 Å². The Kier molecular flexibility index (Phi) is 7.21. The third kappa shape index (κ3) is 5.30. The van der Waals surface area contributed by atoms with E-state index in [-0.39, 0.29) is 22.2 Å². The average Bonchev–Trinajstić information content (AvgIpc) is 3.16. The van der Waals surface area contributed by atoms with Gasteiger partial charge < -0.3 is 25.2 Å². The first-order valence-corrected chi connectivity index (χ1v) is 10.7. The maximum Gasteiger partial charge on any atom is 0.381 e. The number of rotatable bonds is 10. The number of allylic oxidation sites excluding steroid dienone is 2. The van der Waals surface area contributed by atoms with Gasteiger partial charge in [-0.15, -0.1) is 10.2 Å². The highest BCUT2D eigenvalue weighted by Crippen LogP contribution is 2.40. The van der Waals surface area contributed by atoms with Crippen molar-refractivity contribution in [2.24, 2.45) is 0 Å². The second kappa shape index (κ2) is 10.1. The Bertz CT molecular complexity index is 1130. The molecule has 0 spiro atoms. The van der Waals surface area contributed by atoms with Gasteiger partial charge in [0.05, 0.1) is 18.9 Å². The number of hydrogen-bond donors (Lipinski definition) is 4. The van der Waals surface area contributed by atoms with E-state index in [0.717, 1.165) is 36.8 Å². The van der Waals surface area contributed by atoms with Crippen LogP contribution in [0.25, 0.3) is 0 Å². The molecule has 3 rings (SSSR count). The first-order chi connectivity index (χ1) is 15.4. The molecule has 0 aliphatic heterocycles. The topological polar surface area (TPSA) is 166 Å². The van der Waals surface area contributed by atoms with Gasteiger partial charge in [0.1, 0.15) is 0 Å². The van der Waals surface area contributed by atoms with Crippen molar-refractivity contribution in [3.63, 3.8) is 0 Å². The Balaban J connectivity index is 1.79. The minimum absolute atomic E-state index is 0.0272. The van der Waals surface area contributed by atoms with Crippen LogP contribution in [0.4, 0.5) is 16.0 Å². The van der Waals surface area contributed by atoms with Crippen LogP contribution in [0.1, 0.15) is 49.6 Å². The maximum absolute atomic E-state index is 12.7. The first-order valence-electron chi connectivity index (χ1n) is 9.86. The van der Waals surface area contributed by atoms with Gasteiger partial charge in [0, 0.05) is 29.9 Å². The summed E-state index contributed by atoms with van der Waals surface area (Å²) in [4.78, 5) is 25.1. The molecular weight excluding hydrogens is 434 g/mol. The number of hydrogen-bond acceptors (Lipinski definition) is 11. The van der Waals surface area contributed by atoms with Crippen molar-refractivity contribution in [1.82, 2.24) is 10.2 Å². The lowest BCUT2D eigenvalue weighted by Gasteiger charge is -2.43. The lowest BCUT2D eigenvalue weighted by Crippen LogP contribution is -2.45. The molecule has 1 aliphatic carbocycles. The summed E-state index contributed by atoms with van der Waals surface area (Å²) in [5.41, 5.74) is -0.0677. The molecule has 1 saturated carbocycles. The molecule has 4 N–H and O–H groups in total. The van der Waals surface area contributed by atoms with Gasteiger partial charge in [-0.2, -0.15) is 5.26 Å². The van der Waals surface area contributed by atoms with Crippen molar-refractivity contribution < 1.29 is 13.9 Å². The van der Waals surface area contributed by atoms with Gasteiger partial charge in [0.2, 0.25) is 16.0 Å². The molecule has 0 saturated heterocycles.